The van der Waals surface area contributed by atoms with Gasteiger partial charge in [-0.2, -0.15) is 5.10 Å². The van der Waals surface area contributed by atoms with Gasteiger partial charge in [-0.1, -0.05) is 12.1 Å². The lowest BCUT2D eigenvalue weighted by atomic mass is 10.2. The van der Waals surface area contributed by atoms with Gasteiger partial charge in [0.2, 0.25) is 0 Å². The normalized spacial score (nSPS) is 14.9. The zero-order valence-electron chi connectivity index (χ0n) is 10.4. The average Bonchev–Trinajstić information content (AvgIpc) is 2.85. The molecule has 19 heavy (non-hydrogen) atoms. The van der Waals surface area contributed by atoms with E-state index in [-0.39, 0.29) is 4.90 Å². The molecule has 0 atom stereocenters. The first kappa shape index (κ1) is 12.0. The molecule has 1 aromatic carbocycles. The van der Waals surface area contributed by atoms with Crippen molar-refractivity contribution in [2.45, 2.75) is 4.90 Å². The first-order valence-corrected chi connectivity index (χ1v) is 7.37. The van der Waals surface area contributed by atoms with Crippen LogP contribution in [0.25, 0.3) is 0 Å². The summed E-state index contributed by atoms with van der Waals surface area (Å²) in [5.41, 5.74) is 1.51. The third-order valence-electron chi connectivity index (χ3n) is 3.07. The summed E-state index contributed by atoms with van der Waals surface area (Å²) in [6.45, 7) is 1.00. The average molecular weight is 278 g/mol. The fourth-order valence-electron chi connectivity index (χ4n) is 2.16. The first-order valence-electron chi connectivity index (χ1n) is 5.93. The Bertz CT molecular complexity index is 708. The van der Waals surface area contributed by atoms with Crippen LogP contribution in [0.4, 0.5) is 11.4 Å². The molecule has 0 saturated carbocycles. The van der Waals surface area contributed by atoms with Gasteiger partial charge in [-0.25, -0.2) is 8.42 Å². The van der Waals surface area contributed by atoms with Crippen molar-refractivity contribution in [3.63, 3.8) is 0 Å². The van der Waals surface area contributed by atoms with Crippen LogP contribution < -0.4 is 9.62 Å². The lowest BCUT2D eigenvalue weighted by Crippen LogP contribution is -2.38. The van der Waals surface area contributed by atoms with E-state index in [1.165, 1.54) is 21.4 Å². The van der Waals surface area contributed by atoms with Gasteiger partial charge in [0.05, 0.1) is 24.1 Å². The zero-order chi connectivity index (χ0) is 13.5. The highest BCUT2D eigenvalue weighted by molar-refractivity contribution is 7.92. The van der Waals surface area contributed by atoms with Crippen molar-refractivity contribution < 1.29 is 8.42 Å². The molecule has 0 bridgehead atoms. The number of hydrogen-bond donors (Lipinski definition) is 1. The first-order chi connectivity index (χ1) is 9.09. The molecule has 1 aliphatic heterocycles. The Morgan fingerprint density at radius 2 is 2.11 bits per heavy atom. The maximum atomic E-state index is 12.6. The minimum Gasteiger partial charge on any atom is -0.382 e. The SMILES string of the molecule is Cn1cc(S(=O)(=O)N2CCNc3ccccc32)cn1. The summed E-state index contributed by atoms with van der Waals surface area (Å²) in [5.74, 6) is 0. The van der Waals surface area contributed by atoms with Crippen LogP contribution in [0.3, 0.4) is 0 Å². The van der Waals surface area contributed by atoms with Gasteiger partial charge in [0.1, 0.15) is 4.90 Å². The van der Waals surface area contributed by atoms with Crippen molar-refractivity contribution in [1.29, 1.82) is 0 Å². The van der Waals surface area contributed by atoms with E-state index < -0.39 is 10.0 Å². The van der Waals surface area contributed by atoms with Crippen LogP contribution in [0.5, 0.6) is 0 Å². The Morgan fingerprint density at radius 1 is 1.32 bits per heavy atom. The number of anilines is 2. The maximum Gasteiger partial charge on any atom is 0.267 e. The van der Waals surface area contributed by atoms with E-state index in [2.05, 4.69) is 10.4 Å². The molecule has 0 unspecified atom stereocenters. The second kappa shape index (κ2) is 4.27. The minimum atomic E-state index is -3.54. The molecule has 1 N–H and O–H groups in total. The molecule has 0 fully saturated rings. The van der Waals surface area contributed by atoms with E-state index in [4.69, 9.17) is 0 Å². The van der Waals surface area contributed by atoms with Crippen molar-refractivity contribution in [2.24, 2.45) is 7.05 Å². The number of hydrogen-bond acceptors (Lipinski definition) is 4. The molecule has 0 aliphatic carbocycles. The van der Waals surface area contributed by atoms with Crippen molar-refractivity contribution in [3.8, 4) is 0 Å². The summed E-state index contributed by atoms with van der Waals surface area (Å²) >= 11 is 0. The third kappa shape index (κ3) is 1.95. The van der Waals surface area contributed by atoms with Crippen LogP contribution in [0.1, 0.15) is 0 Å². The number of aryl methyl sites for hydroxylation is 1. The molecule has 7 heteroatoms. The summed E-state index contributed by atoms with van der Waals surface area (Å²) < 4.78 is 28.1. The summed E-state index contributed by atoms with van der Waals surface area (Å²) in [6.07, 6.45) is 2.89. The van der Waals surface area contributed by atoms with Gasteiger partial charge in [-0.3, -0.25) is 8.99 Å². The quantitative estimate of drug-likeness (QED) is 0.891. The smallest absolute Gasteiger partial charge is 0.267 e. The molecule has 0 saturated heterocycles. The molecule has 1 aliphatic rings. The molecule has 2 aromatic rings. The summed E-state index contributed by atoms with van der Waals surface area (Å²) in [7, 11) is -1.85. The van der Waals surface area contributed by atoms with Crippen LogP contribution in [-0.4, -0.2) is 31.3 Å². The highest BCUT2D eigenvalue weighted by Gasteiger charge is 2.29. The molecule has 0 amide bonds. The highest BCUT2D eigenvalue weighted by Crippen LogP contribution is 2.32. The van der Waals surface area contributed by atoms with Crippen LogP contribution in [0.2, 0.25) is 0 Å². The van der Waals surface area contributed by atoms with Gasteiger partial charge in [0, 0.05) is 19.8 Å². The number of nitrogens with one attached hydrogen (secondary N) is 1. The van der Waals surface area contributed by atoms with Gasteiger partial charge >= 0.3 is 0 Å². The summed E-state index contributed by atoms with van der Waals surface area (Å²) in [5, 5.41) is 7.12. The largest absolute Gasteiger partial charge is 0.382 e. The van der Waals surface area contributed by atoms with Crippen LogP contribution in [-0.2, 0) is 17.1 Å². The van der Waals surface area contributed by atoms with E-state index in [1.54, 1.807) is 13.1 Å². The molecular weight excluding hydrogens is 264 g/mol. The number of para-hydroxylation sites is 2. The van der Waals surface area contributed by atoms with Crippen molar-refractivity contribution >= 4 is 21.4 Å². The number of fused-ring (bicyclic) bond motifs is 1. The molecule has 0 radical (unpaired) electrons. The fraction of sp³-hybridized carbons (Fsp3) is 0.250. The van der Waals surface area contributed by atoms with Gasteiger partial charge in [-0.15, -0.1) is 0 Å². The zero-order valence-corrected chi connectivity index (χ0v) is 11.3. The Kier molecular flexibility index (Phi) is 2.70. The van der Waals surface area contributed by atoms with Gasteiger partial charge in [0.25, 0.3) is 10.0 Å². The minimum absolute atomic E-state index is 0.215. The molecule has 1 aromatic heterocycles. The summed E-state index contributed by atoms with van der Waals surface area (Å²) in [4.78, 5) is 0.215. The maximum absolute atomic E-state index is 12.6. The number of aromatic nitrogens is 2. The Labute approximate surface area is 111 Å². The van der Waals surface area contributed by atoms with Gasteiger partial charge in [0.15, 0.2) is 0 Å². The van der Waals surface area contributed by atoms with E-state index in [0.717, 1.165) is 5.69 Å². The lowest BCUT2D eigenvalue weighted by molar-refractivity contribution is 0.590. The number of benzene rings is 1. The summed E-state index contributed by atoms with van der Waals surface area (Å²) in [6, 6.07) is 7.39. The molecule has 100 valence electrons. The molecular formula is C12H14N4O2S. The second-order valence-electron chi connectivity index (χ2n) is 4.37. The molecule has 0 spiro atoms. The predicted molar refractivity (Wildman–Crippen MR) is 72.7 cm³/mol. The monoisotopic (exact) mass is 278 g/mol. The number of sulfonamides is 1. The molecule has 2 heterocycles. The van der Waals surface area contributed by atoms with Crippen LogP contribution in [0, 0.1) is 0 Å². The fourth-order valence-corrected chi connectivity index (χ4v) is 3.63. The Balaban J connectivity index is 2.08. The highest BCUT2D eigenvalue weighted by atomic mass is 32.2. The topological polar surface area (TPSA) is 67.2 Å². The van der Waals surface area contributed by atoms with Crippen LogP contribution >= 0.6 is 0 Å². The van der Waals surface area contributed by atoms with Crippen molar-refractivity contribution in [2.75, 3.05) is 22.7 Å². The Morgan fingerprint density at radius 3 is 2.84 bits per heavy atom. The third-order valence-corrected chi connectivity index (χ3v) is 4.84. The van der Waals surface area contributed by atoms with E-state index in [0.29, 0.717) is 18.8 Å². The van der Waals surface area contributed by atoms with E-state index in [1.807, 2.05) is 18.2 Å². The Hall–Kier alpha value is -2.02. The second-order valence-corrected chi connectivity index (χ2v) is 6.23. The van der Waals surface area contributed by atoms with Crippen molar-refractivity contribution in [3.05, 3.63) is 36.7 Å². The van der Waals surface area contributed by atoms with E-state index >= 15 is 0 Å². The number of nitrogens with zero attached hydrogens (tertiary/aromatic N) is 3. The van der Waals surface area contributed by atoms with Gasteiger partial charge in [-0.05, 0) is 12.1 Å². The predicted octanol–water partition coefficient (Wildman–Crippen LogP) is 1.04. The van der Waals surface area contributed by atoms with E-state index in [9.17, 15) is 8.42 Å². The number of rotatable bonds is 2. The molecule has 3 rings (SSSR count). The van der Waals surface area contributed by atoms with Crippen molar-refractivity contribution in [1.82, 2.24) is 9.78 Å². The molecule has 6 nitrogen and oxygen atoms in total. The lowest BCUT2D eigenvalue weighted by Gasteiger charge is -2.30. The van der Waals surface area contributed by atoms with Gasteiger partial charge < -0.3 is 5.32 Å². The standard InChI is InChI=1S/C12H14N4O2S/c1-15-9-10(8-14-15)19(17,18)16-7-6-13-11-4-2-3-5-12(11)16/h2-5,8-9,13H,6-7H2,1H3. The van der Waals surface area contributed by atoms with Crippen LogP contribution in [0.15, 0.2) is 41.6 Å².